The van der Waals surface area contributed by atoms with Crippen LogP contribution in [-0.2, 0) is 4.79 Å². The number of aliphatic carboxylic acids is 1. The number of carboxylic acid groups (broad SMARTS) is 1. The van der Waals surface area contributed by atoms with Crippen LogP contribution in [0.2, 0.25) is 0 Å². The highest BCUT2D eigenvalue weighted by Gasteiger charge is 2.23. The maximum absolute atomic E-state index is 12.2. The molecule has 108 valence electrons. The summed E-state index contributed by atoms with van der Waals surface area (Å²) in [6.07, 6.45) is 3.12. The lowest BCUT2D eigenvalue weighted by Crippen LogP contribution is -2.42. The number of anilines is 1. The van der Waals surface area contributed by atoms with E-state index in [1.165, 1.54) is 11.1 Å². The van der Waals surface area contributed by atoms with Gasteiger partial charge < -0.3 is 10.4 Å². The number of aromatic nitrogens is 1. The Labute approximate surface area is 122 Å². The number of carbonyl (C=O) groups excluding carboxylic acids is 1. The molecular formula is C15H15N3O3. The summed E-state index contributed by atoms with van der Waals surface area (Å²) in [5, 5.41) is 11.8. The van der Waals surface area contributed by atoms with Gasteiger partial charge in [0, 0.05) is 13.2 Å². The first-order chi connectivity index (χ1) is 10.1. The maximum atomic E-state index is 12.2. The van der Waals surface area contributed by atoms with E-state index in [-0.39, 0.29) is 0 Å². The predicted octanol–water partition coefficient (Wildman–Crippen LogP) is 2.05. The Hall–Kier alpha value is -2.89. The smallest absolute Gasteiger partial charge is 0.330 e. The van der Waals surface area contributed by atoms with E-state index in [1.54, 1.807) is 55.7 Å². The molecule has 0 bridgehead atoms. The van der Waals surface area contributed by atoms with E-state index < -0.39 is 18.0 Å². The Morgan fingerprint density at radius 3 is 2.48 bits per heavy atom. The van der Waals surface area contributed by atoms with Gasteiger partial charge in [-0.2, -0.15) is 0 Å². The summed E-state index contributed by atoms with van der Waals surface area (Å²) in [5.41, 5.74) is 1.09. The summed E-state index contributed by atoms with van der Waals surface area (Å²) in [7, 11) is 1.55. The molecule has 2 N–H and O–H groups in total. The first-order valence-electron chi connectivity index (χ1n) is 6.31. The van der Waals surface area contributed by atoms with Crippen molar-refractivity contribution in [2.45, 2.75) is 6.04 Å². The van der Waals surface area contributed by atoms with Crippen LogP contribution in [0.5, 0.6) is 0 Å². The highest BCUT2D eigenvalue weighted by molar-refractivity contribution is 5.94. The first kappa shape index (κ1) is 14.5. The van der Waals surface area contributed by atoms with E-state index in [4.69, 9.17) is 0 Å². The molecule has 1 atom stereocenters. The lowest BCUT2D eigenvalue weighted by atomic mass is 10.1. The lowest BCUT2D eigenvalue weighted by Gasteiger charge is -2.21. The molecule has 0 radical (unpaired) electrons. The van der Waals surface area contributed by atoms with Crippen LogP contribution in [-0.4, -0.2) is 29.1 Å². The summed E-state index contributed by atoms with van der Waals surface area (Å²) in [6, 6.07) is 10.3. The molecule has 0 fully saturated rings. The van der Waals surface area contributed by atoms with E-state index in [0.717, 1.165) is 0 Å². The number of urea groups is 1. The van der Waals surface area contributed by atoms with Crippen molar-refractivity contribution >= 4 is 17.7 Å². The molecule has 1 unspecified atom stereocenters. The van der Waals surface area contributed by atoms with E-state index in [2.05, 4.69) is 10.3 Å². The molecule has 2 rings (SSSR count). The Bertz CT molecular complexity index is 617. The Balaban J connectivity index is 2.14. The second-order valence-corrected chi connectivity index (χ2v) is 4.40. The zero-order valence-corrected chi connectivity index (χ0v) is 11.4. The molecule has 6 heteroatoms. The standard InChI is InChI=1S/C15H15N3O3/c1-18(12-8-5-9-16-10-12)15(21)17-13(14(19)20)11-6-3-2-4-7-11/h2-10,13H,1H3,(H,17,21)(H,19,20). The fourth-order valence-corrected chi connectivity index (χ4v) is 1.82. The molecule has 6 nitrogen and oxygen atoms in total. The minimum absolute atomic E-state index is 0.512. The topological polar surface area (TPSA) is 82.5 Å². The van der Waals surface area contributed by atoms with Gasteiger partial charge in [0.1, 0.15) is 0 Å². The second kappa shape index (κ2) is 6.51. The number of nitrogens with zero attached hydrogens (tertiary/aromatic N) is 2. The second-order valence-electron chi connectivity index (χ2n) is 4.40. The largest absolute Gasteiger partial charge is 0.479 e. The number of amides is 2. The molecule has 1 aromatic heterocycles. The van der Waals surface area contributed by atoms with Crippen LogP contribution in [0.15, 0.2) is 54.9 Å². The summed E-state index contributed by atoms with van der Waals surface area (Å²) in [5.74, 6) is -1.12. The van der Waals surface area contributed by atoms with Crippen LogP contribution in [0.25, 0.3) is 0 Å². The molecule has 0 saturated carbocycles. The van der Waals surface area contributed by atoms with Gasteiger partial charge in [-0.3, -0.25) is 9.88 Å². The van der Waals surface area contributed by atoms with Gasteiger partial charge in [-0.1, -0.05) is 30.3 Å². The number of carboxylic acids is 1. The van der Waals surface area contributed by atoms with Crippen molar-refractivity contribution in [1.82, 2.24) is 10.3 Å². The van der Waals surface area contributed by atoms with Crippen molar-refractivity contribution < 1.29 is 14.7 Å². The number of rotatable bonds is 4. The van der Waals surface area contributed by atoms with Crippen LogP contribution < -0.4 is 10.2 Å². The Kier molecular flexibility index (Phi) is 4.50. The highest BCUT2D eigenvalue weighted by atomic mass is 16.4. The van der Waals surface area contributed by atoms with Gasteiger partial charge in [0.05, 0.1) is 11.9 Å². The molecule has 2 amide bonds. The van der Waals surface area contributed by atoms with E-state index in [0.29, 0.717) is 11.3 Å². The minimum atomic E-state index is -1.12. The van der Waals surface area contributed by atoms with E-state index in [9.17, 15) is 14.7 Å². The van der Waals surface area contributed by atoms with Crippen molar-refractivity contribution in [2.24, 2.45) is 0 Å². The fourth-order valence-electron chi connectivity index (χ4n) is 1.82. The molecule has 0 aliphatic rings. The summed E-state index contributed by atoms with van der Waals surface area (Å²) in [4.78, 5) is 28.7. The monoisotopic (exact) mass is 285 g/mol. The maximum Gasteiger partial charge on any atom is 0.330 e. The van der Waals surface area contributed by atoms with Crippen molar-refractivity contribution in [3.8, 4) is 0 Å². The van der Waals surface area contributed by atoms with Crippen molar-refractivity contribution in [3.05, 3.63) is 60.4 Å². The lowest BCUT2D eigenvalue weighted by molar-refractivity contribution is -0.139. The molecular weight excluding hydrogens is 270 g/mol. The summed E-state index contributed by atoms with van der Waals surface area (Å²) in [6.45, 7) is 0. The SMILES string of the molecule is CN(C(=O)NC(C(=O)O)c1ccccc1)c1cccnc1. The van der Waals surface area contributed by atoms with Crippen LogP contribution in [0, 0.1) is 0 Å². The van der Waals surface area contributed by atoms with Gasteiger partial charge in [0.2, 0.25) is 0 Å². The number of pyridine rings is 1. The first-order valence-corrected chi connectivity index (χ1v) is 6.31. The van der Waals surface area contributed by atoms with E-state index in [1.807, 2.05) is 0 Å². The molecule has 2 aromatic rings. The van der Waals surface area contributed by atoms with Crippen LogP contribution >= 0.6 is 0 Å². The third-order valence-electron chi connectivity index (χ3n) is 2.99. The number of hydrogen-bond acceptors (Lipinski definition) is 3. The summed E-state index contributed by atoms with van der Waals surface area (Å²) < 4.78 is 0. The molecule has 21 heavy (non-hydrogen) atoms. The molecule has 0 aliphatic carbocycles. The minimum Gasteiger partial charge on any atom is -0.479 e. The molecule has 0 aliphatic heterocycles. The van der Waals surface area contributed by atoms with Crippen molar-refractivity contribution in [1.29, 1.82) is 0 Å². The van der Waals surface area contributed by atoms with Gasteiger partial charge in [-0.25, -0.2) is 9.59 Å². The zero-order valence-electron chi connectivity index (χ0n) is 11.4. The van der Waals surface area contributed by atoms with Crippen molar-refractivity contribution in [3.63, 3.8) is 0 Å². The number of hydrogen-bond donors (Lipinski definition) is 2. The predicted molar refractivity (Wildman–Crippen MR) is 78.0 cm³/mol. The number of carbonyl (C=O) groups is 2. The number of nitrogens with one attached hydrogen (secondary N) is 1. The Morgan fingerprint density at radius 1 is 1.19 bits per heavy atom. The van der Waals surface area contributed by atoms with Crippen LogP contribution in [0.3, 0.4) is 0 Å². The quantitative estimate of drug-likeness (QED) is 0.900. The number of benzene rings is 1. The average molecular weight is 285 g/mol. The van der Waals surface area contributed by atoms with Crippen LogP contribution in [0.1, 0.15) is 11.6 Å². The fraction of sp³-hybridized carbons (Fsp3) is 0.133. The third-order valence-corrected chi connectivity index (χ3v) is 2.99. The van der Waals surface area contributed by atoms with Gasteiger partial charge in [-0.05, 0) is 17.7 Å². The molecule has 0 saturated heterocycles. The third kappa shape index (κ3) is 3.56. The summed E-state index contributed by atoms with van der Waals surface area (Å²) >= 11 is 0. The molecule has 0 spiro atoms. The highest BCUT2D eigenvalue weighted by Crippen LogP contribution is 2.15. The zero-order chi connectivity index (χ0) is 15.2. The molecule has 1 aromatic carbocycles. The van der Waals surface area contributed by atoms with Crippen LogP contribution in [0.4, 0.5) is 10.5 Å². The van der Waals surface area contributed by atoms with Gasteiger partial charge in [-0.15, -0.1) is 0 Å². The van der Waals surface area contributed by atoms with E-state index >= 15 is 0 Å². The normalized spacial score (nSPS) is 11.5. The van der Waals surface area contributed by atoms with Gasteiger partial charge in [0.15, 0.2) is 6.04 Å². The van der Waals surface area contributed by atoms with Crippen molar-refractivity contribution in [2.75, 3.05) is 11.9 Å². The Morgan fingerprint density at radius 2 is 1.90 bits per heavy atom. The van der Waals surface area contributed by atoms with Gasteiger partial charge in [0.25, 0.3) is 0 Å². The molecule has 1 heterocycles. The van der Waals surface area contributed by atoms with Gasteiger partial charge >= 0.3 is 12.0 Å². The average Bonchev–Trinajstić information content (AvgIpc) is 2.53.